The monoisotopic (exact) mass is 467 g/mol. The third kappa shape index (κ3) is 4.77. The van der Waals surface area contributed by atoms with Gasteiger partial charge in [-0.25, -0.2) is 4.98 Å². The van der Waals surface area contributed by atoms with Gasteiger partial charge in [0, 0.05) is 12.2 Å². The molecule has 1 aliphatic heterocycles. The second-order valence-corrected chi connectivity index (χ2v) is 8.56. The summed E-state index contributed by atoms with van der Waals surface area (Å²) in [6.07, 6.45) is 0.707. The largest absolute Gasteiger partial charge is 0.340 e. The van der Waals surface area contributed by atoms with Crippen molar-refractivity contribution in [3.05, 3.63) is 89.7 Å². The molecule has 0 radical (unpaired) electrons. The standard InChI is InChI=1S/C27H25N5O3/c1-17-28-22-15-19(11-12-24(22)32(17)14-13-18-7-3-2-4-8-18)29-25(33)16-23-27(35)30-21-10-6-5-9-20(21)26(34)31-23/h2-12,15,23H,13-14,16H2,1H3,(H,29,33)(H,30,35)(H,31,34)/t23-/m0/s1. The van der Waals surface area contributed by atoms with Crippen molar-refractivity contribution in [2.24, 2.45) is 0 Å². The van der Waals surface area contributed by atoms with Crippen LogP contribution in [0.4, 0.5) is 11.4 Å². The fraction of sp³-hybridized carbons (Fsp3) is 0.185. The van der Waals surface area contributed by atoms with Gasteiger partial charge < -0.3 is 20.5 Å². The molecule has 4 aromatic rings. The number of aromatic nitrogens is 2. The first-order chi connectivity index (χ1) is 17.0. The molecule has 3 N–H and O–H groups in total. The maximum atomic E-state index is 12.7. The number of amides is 3. The number of anilines is 2. The zero-order valence-electron chi connectivity index (χ0n) is 19.2. The lowest BCUT2D eigenvalue weighted by atomic mass is 10.1. The Morgan fingerprint density at radius 2 is 1.80 bits per heavy atom. The van der Waals surface area contributed by atoms with Gasteiger partial charge in [-0.1, -0.05) is 42.5 Å². The molecule has 0 fully saturated rings. The van der Waals surface area contributed by atoms with Crippen LogP contribution in [0.2, 0.25) is 0 Å². The first-order valence-corrected chi connectivity index (χ1v) is 11.5. The van der Waals surface area contributed by atoms with E-state index >= 15 is 0 Å². The number of rotatable bonds is 6. The fourth-order valence-corrected chi connectivity index (χ4v) is 4.35. The Labute approximate surface area is 202 Å². The van der Waals surface area contributed by atoms with Gasteiger partial charge in [0.15, 0.2) is 0 Å². The molecule has 3 aromatic carbocycles. The Kier molecular flexibility index (Phi) is 6.01. The normalized spacial score (nSPS) is 15.2. The number of carbonyl (C=O) groups is 3. The molecule has 0 saturated heterocycles. The minimum atomic E-state index is -0.974. The van der Waals surface area contributed by atoms with E-state index in [1.165, 1.54) is 5.56 Å². The van der Waals surface area contributed by atoms with Crippen molar-refractivity contribution in [1.29, 1.82) is 0 Å². The molecule has 5 rings (SSSR count). The number of benzene rings is 3. The van der Waals surface area contributed by atoms with Crippen molar-refractivity contribution in [3.8, 4) is 0 Å². The highest BCUT2D eigenvalue weighted by molar-refractivity contribution is 6.11. The average molecular weight is 468 g/mol. The van der Waals surface area contributed by atoms with E-state index < -0.39 is 17.9 Å². The van der Waals surface area contributed by atoms with Crippen molar-refractivity contribution in [2.75, 3.05) is 10.6 Å². The SMILES string of the molecule is Cc1nc2cc(NC(=O)C[C@@H]3NC(=O)c4ccccc4NC3=O)ccc2n1CCc1ccccc1. The Morgan fingerprint density at radius 3 is 2.63 bits per heavy atom. The fourth-order valence-electron chi connectivity index (χ4n) is 4.35. The summed E-state index contributed by atoms with van der Waals surface area (Å²) in [6, 6.07) is 21.6. The van der Waals surface area contributed by atoms with Gasteiger partial charge in [0.2, 0.25) is 11.8 Å². The van der Waals surface area contributed by atoms with Crippen LogP contribution in [0, 0.1) is 6.92 Å². The van der Waals surface area contributed by atoms with E-state index in [2.05, 4.69) is 37.6 Å². The lowest BCUT2D eigenvalue weighted by Crippen LogP contribution is -2.43. The van der Waals surface area contributed by atoms with Crippen LogP contribution in [-0.2, 0) is 22.6 Å². The Morgan fingerprint density at radius 1 is 1.03 bits per heavy atom. The number of hydrogen-bond donors (Lipinski definition) is 3. The van der Waals surface area contributed by atoms with E-state index in [1.54, 1.807) is 24.3 Å². The van der Waals surface area contributed by atoms with E-state index in [4.69, 9.17) is 0 Å². The molecule has 1 aromatic heterocycles. The summed E-state index contributed by atoms with van der Waals surface area (Å²) in [5.41, 5.74) is 4.41. The second kappa shape index (κ2) is 9.42. The Hall–Kier alpha value is -4.46. The summed E-state index contributed by atoms with van der Waals surface area (Å²) in [5.74, 6) is -0.302. The zero-order valence-corrected chi connectivity index (χ0v) is 19.2. The van der Waals surface area contributed by atoms with Gasteiger partial charge in [-0.15, -0.1) is 0 Å². The first-order valence-electron chi connectivity index (χ1n) is 11.5. The topological polar surface area (TPSA) is 105 Å². The van der Waals surface area contributed by atoms with Crippen LogP contribution in [0.25, 0.3) is 11.0 Å². The molecule has 1 atom stereocenters. The van der Waals surface area contributed by atoms with Crippen LogP contribution in [0.1, 0.15) is 28.2 Å². The number of imidazole rings is 1. The van der Waals surface area contributed by atoms with Crippen molar-refractivity contribution in [3.63, 3.8) is 0 Å². The van der Waals surface area contributed by atoms with E-state index in [1.807, 2.05) is 43.3 Å². The maximum Gasteiger partial charge on any atom is 0.254 e. The summed E-state index contributed by atoms with van der Waals surface area (Å²) < 4.78 is 2.16. The number of nitrogens with one attached hydrogen (secondary N) is 3. The smallest absolute Gasteiger partial charge is 0.254 e. The molecule has 0 unspecified atom stereocenters. The molecule has 8 heteroatoms. The molecule has 8 nitrogen and oxygen atoms in total. The molecule has 0 bridgehead atoms. The third-order valence-corrected chi connectivity index (χ3v) is 6.13. The van der Waals surface area contributed by atoms with Gasteiger partial charge in [-0.3, -0.25) is 14.4 Å². The van der Waals surface area contributed by atoms with Gasteiger partial charge in [0.25, 0.3) is 5.91 Å². The van der Waals surface area contributed by atoms with Crippen molar-refractivity contribution in [2.45, 2.75) is 32.4 Å². The second-order valence-electron chi connectivity index (χ2n) is 8.56. The Bertz CT molecular complexity index is 1430. The lowest BCUT2D eigenvalue weighted by Gasteiger charge is -2.14. The minimum Gasteiger partial charge on any atom is -0.340 e. The van der Waals surface area contributed by atoms with Gasteiger partial charge in [-0.2, -0.15) is 0 Å². The van der Waals surface area contributed by atoms with Crippen molar-refractivity contribution < 1.29 is 14.4 Å². The molecule has 2 heterocycles. The van der Waals surface area contributed by atoms with E-state index in [-0.39, 0.29) is 12.3 Å². The van der Waals surface area contributed by atoms with Crippen LogP contribution in [0.3, 0.4) is 0 Å². The van der Waals surface area contributed by atoms with Gasteiger partial charge >= 0.3 is 0 Å². The lowest BCUT2D eigenvalue weighted by molar-refractivity contribution is -0.122. The molecular weight excluding hydrogens is 442 g/mol. The van der Waals surface area contributed by atoms with E-state index in [0.29, 0.717) is 16.9 Å². The molecule has 0 saturated carbocycles. The highest BCUT2D eigenvalue weighted by atomic mass is 16.2. The van der Waals surface area contributed by atoms with Crippen LogP contribution in [0.15, 0.2) is 72.8 Å². The van der Waals surface area contributed by atoms with Crippen LogP contribution < -0.4 is 16.0 Å². The summed E-state index contributed by atoms with van der Waals surface area (Å²) in [7, 11) is 0. The molecule has 0 aliphatic carbocycles. The number of hydrogen-bond acceptors (Lipinski definition) is 4. The average Bonchev–Trinajstić information content (AvgIpc) is 3.10. The summed E-state index contributed by atoms with van der Waals surface area (Å²) >= 11 is 0. The van der Waals surface area contributed by atoms with Crippen molar-refractivity contribution >= 4 is 40.1 Å². The van der Waals surface area contributed by atoms with Crippen LogP contribution in [-0.4, -0.2) is 33.3 Å². The molecule has 1 aliphatic rings. The van der Waals surface area contributed by atoms with Crippen molar-refractivity contribution in [1.82, 2.24) is 14.9 Å². The minimum absolute atomic E-state index is 0.186. The number of aryl methyl sites for hydroxylation is 3. The molecule has 35 heavy (non-hydrogen) atoms. The van der Waals surface area contributed by atoms with Gasteiger partial charge in [-0.05, 0) is 49.2 Å². The zero-order chi connectivity index (χ0) is 24.4. The predicted molar refractivity (Wildman–Crippen MR) is 134 cm³/mol. The molecule has 0 spiro atoms. The summed E-state index contributed by atoms with van der Waals surface area (Å²) in [6.45, 7) is 2.77. The highest BCUT2D eigenvalue weighted by Gasteiger charge is 2.29. The summed E-state index contributed by atoms with van der Waals surface area (Å²) in [4.78, 5) is 42.4. The number of nitrogens with zero attached hydrogens (tertiary/aromatic N) is 2. The molecule has 3 amide bonds. The van der Waals surface area contributed by atoms with Crippen LogP contribution in [0.5, 0.6) is 0 Å². The van der Waals surface area contributed by atoms with E-state index in [0.717, 1.165) is 29.8 Å². The molecular formula is C27H25N5O3. The number of fused-ring (bicyclic) bond motifs is 2. The van der Waals surface area contributed by atoms with Crippen LogP contribution >= 0.6 is 0 Å². The quantitative estimate of drug-likeness (QED) is 0.402. The van der Waals surface area contributed by atoms with Gasteiger partial charge in [0.1, 0.15) is 11.9 Å². The van der Waals surface area contributed by atoms with Gasteiger partial charge in [0.05, 0.1) is 28.7 Å². The molecule has 176 valence electrons. The number of para-hydroxylation sites is 1. The number of carbonyl (C=O) groups excluding carboxylic acids is 3. The first kappa shape index (κ1) is 22.3. The predicted octanol–water partition coefficient (Wildman–Crippen LogP) is 3.67. The third-order valence-electron chi connectivity index (χ3n) is 6.13. The Balaban J connectivity index is 1.26. The van der Waals surface area contributed by atoms with E-state index in [9.17, 15) is 14.4 Å². The summed E-state index contributed by atoms with van der Waals surface area (Å²) in [5, 5.41) is 8.18. The highest BCUT2D eigenvalue weighted by Crippen LogP contribution is 2.22. The maximum absolute atomic E-state index is 12.7.